The molecule has 0 bridgehead atoms. The van der Waals surface area contributed by atoms with Gasteiger partial charge in [0.25, 0.3) is 0 Å². The number of carbonyl (C=O) groups is 1. The Labute approximate surface area is 94.8 Å². The second-order valence-corrected chi connectivity index (χ2v) is 4.57. The lowest BCUT2D eigenvalue weighted by Crippen LogP contribution is -2.51. The number of hydrogen-bond acceptors (Lipinski definition) is 3. The first-order chi connectivity index (χ1) is 7.62. The van der Waals surface area contributed by atoms with Crippen LogP contribution in [0.4, 0.5) is 0 Å². The number of rotatable bonds is 3. The molecule has 1 amide bonds. The highest BCUT2D eigenvalue weighted by atomic mass is 16.2. The van der Waals surface area contributed by atoms with Gasteiger partial charge in [0.05, 0.1) is 11.7 Å². The van der Waals surface area contributed by atoms with Gasteiger partial charge in [-0.3, -0.25) is 9.89 Å². The average Bonchev–Trinajstić information content (AvgIpc) is 2.85. The number of carbonyl (C=O) groups excluding carboxylic acids is 1. The fraction of sp³-hybridized carbons (Fsp3) is 0.636. The summed E-state index contributed by atoms with van der Waals surface area (Å²) in [4.78, 5) is 11.9. The maximum atomic E-state index is 11.9. The van der Waals surface area contributed by atoms with Crippen molar-refractivity contribution in [1.82, 2.24) is 15.5 Å². The van der Waals surface area contributed by atoms with Crippen molar-refractivity contribution < 1.29 is 4.79 Å². The van der Waals surface area contributed by atoms with Gasteiger partial charge in [-0.15, -0.1) is 0 Å². The Morgan fingerprint density at radius 2 is 2.31 bits per heavy atom. The minimum atomic E-state index is -0.641. The summed E-state index contributed by atoms with van der Waals surface area (Å²) in [5.74, 6) is -0.0365. The summed E-state index contributed by atoms with van der Waals surface area (Å²) in [6.45, 7) is 2.43. The van der Waals surface area contributed by atoms with Gasteiger partial charge >= 0.3 is 0 Å². The third-order valence-electron chi connectivity index (χ3n) is 3.32. The Hall–Kier alpha value is -1.36. The maximum absolute atomic E-state index is 11.9. The molecular weight excluding hydrogens is 204 g/mol. The molecule has 1 aromatic rings. The molecule has 0 aromatic carbocycles. The van der Waals surface area contributed by atoms with E-state index in [4.69, 9.17) is 5.73 Å². The van der Waals surface area contributed by atoms with Gasteiger partial charge in [0.15, 0.2) is 0 Å². The summed E-state index contributed by atoms with van der Waals surface area (Å²) in [6, 6.07) is 0. The van der Waals surface area contributed by atoms with Crippen LogP contribution < -0.4 is 11.1 Å². The van der Waals surface area contributed by atoms with Gasteiger partial charge in [-0.05, 0) is 19.8 Å². The standard InChI is InChI=1S/C11H18N4O/c1-8-9(7-14-15-8)6-13-10(16)11(12)4-2-3-5-11/h7H,2-6,12H2,1H3,(H,13,16)(H,14,15). The van der Waals surface area contributed by atoms with Gasteiger partial charge in [0.2, 0.25) is 5.91 Å². The number of nitrogens with one attached hydrogen (secondary N) is 2. The van der Waals surface area contributed by atoms with E-state index in [9.17, 15) is 4.79 Å². The molecule has 2 rings (SSSR count). The van der Waals surface area contributed by atoms with Gasteiger partial charge in [0, 0.05) is 17.8 Å². The monoisotopic (exact) mass is 222 g/mol. The highest BCUT2D eigenvalue weighted by molar-refractivity contribution is 5.86. The lowest BCUT2D eigenvalue weighted by molar-refractivity contribution is -0.126. The first kappa shape index (κ1) is 11.1. The molecule has 0 atom stereocenters. The van der Waals surface area contributed by atoms with Crippen LogP contribution in [0.25, 0.3) is 0 Å². The van der Waals surface area contributed by atoms with E-state index in [1.807, 2.05) is 6.92 Å². The smallest absolute Gasteiger partial charge is 0.240 e. The van der Waals surface area contributed by atoms with Crippen LogP contribution in [0.1, 0.15) is 36.9 Å². The topological polar surface area (TPSA) is 83.8 Å². The normalized spacial score (nSPS) is 18.6. The molecule has 0 radical (unpaired) electrons. The number of hydrogen-bond donors (Lipinski definition) is 3. The van der Waals surface area contributed by atoms with Crippen molar-refractivity contribution in [2.45, 2.75) is 44.7 Å². The van der Waals surface area contributed by atoms with Crippen molar-refractivity contribution in [1.29, 1.82) is 0 Å². The Bertz CT molecular complexity index is 379. The number of H-pyrrole nitrogens is 1. The van der Waals surface area contributed by atoms with Gasteiger partial charge in [-0.25, -0.2) is 0 Å². The van der Waals surface area contributed by atoms with Crippen molar-refractivity contribution in [3.05, 3.63) is 17.5 Å². The van der Waals surface area contributed by atoms with Crippen LogP contribution in [0.3, 0.4) is 0 Å². The summed E-state index contributed by atoms with van der Waals surface area (Å²) < 4.78 is 0. The van der Waals surface area contributed by atoms with Crippen molar-refractivity contribution in [2.75, 3.05) is 0 Å². The molecule has 1 heterocycles. The number of nitrogens with two attached hydrogens (primary N) is 1. The molecule has 88 valence electrons. The molecule has 0 unspecified atom stereocenters. The van der Waals surface area contributed by atoms with Crippen LogP contribution in [0.15, 0.2) is 6.20 Å². The fourth-order valence-electron chi connectivity index (χ4n) is 2.14. The highest BCUT2D eigenvalue weighted by Crippen LogP contribution is 2.27. The van der Waals surface area contributed by atoms with E-state index in [2.05, 4.69) is 15.5 Å². The number of nitrogens with zero attached hydrogens (tertiary/aromatic N) is 1. The van der Waals surface area contributed by atoms with Gasteiger partial charge in [-0.2, -0.15) is 5.10 Å². The van der Waals surface area contributed by atoms with Crippen LogP contribution in [0, 0.1) is 6.92 Å². The van der Waals surface area contributed by atoms with Crippen LogP contribution in [0.5, 0.6) is 0 Å². The van der Waals surface area contributed by atoms with Crippen molar-refractivity contribution >= 4 is 5.91 Å². The SMILES string of the molecule is Cc1[nH]ncc1CNC(=O)C1(N)CCCC1. The third kappa shape index (κ3) is 2.09. The molecule has 0 saturated heterocycles. The molecule has 5 heteroatoms. The first-order valence-electron chi connectivity index (χ1n) is 5.68. The molecule has 1 saturated carbocycles. The molecule has 1 fully saturated rings. The highest BCUT2D eigenvalue weighted by Gasteiger charge is 2.36. The zero-order valence-electron chi connectivity index (χ0n) is 9.55. The fourth-order valence-corrected chi connectivity index (χ4v) is 2.14. The van der Waals surface area contributed by atoms with E-state index in [1.54, 1.807) is 6.20 Å². The molecule has 16 heavy (non-hydrogen) atoms. The lowest BCUT2D eigenvalue weighted by Gasteiger charge is -2.22. The van der Waals surface area contributed by atoms with Crippen LogP contribution >= 0.6 is 0 Å². The predicted octanol–water partition coefficient (Wildman–Crippen LogP) is 0.606. The summed E-state index contributed by atoms with van der Waals surface area (Å²) in [5.41, 5.74) is 7.40. The molecule has 1 aromatic heterocycles. The van der Waals surface area contributed by atoms with E-state index < -0.39 is 5.54 Å². The summed E-state index contributed by atoms with van der Waals surface area (Å²) in [6.07, 6.45) is 5.42. The van der Waals surface area contributed by atoms with Crippen LogP contribution in [0.2, 0.25) is 0 Å². The zero-order valence-corrected chi connectivity index (χ0v) is 9.55. The quantitative estimate of drug-likeness (QED) is 0.700. The largest absolute Gasteiger partial charge is 0.350 e. The second-order valence-electron chi connectivity index (χ2n) is 4.57. The van der Waals surface area contributed by atoms with Gasteiger partial charge in [-0.1, -0.05) is 12.8 Å². The van der Waals surface area contributed by atoms with Gasteiger partial charge in [0.1, 0.15) is 0 Å². The number of aryl methyl sites for hydroxylation is 1. The molecular formula is C11H18N4O. The Kier molecular flexibility index (Phi) is 2.96. The number of aromatic nitrogens is 2. The van der Waals surface area contributed by atoms with Crippen molar-refractivity contribution in [2.24, 2.45) is 5.73 Å². The van der Waals surface area contributed by atoms with E-state index in [1.165, 1.54) is 0 Å². The molecule has 1 aliphatic rings. The average molecular weight is 222 g/mol. The molecule has 0 aliphatic heterocycles. The van der Waals surface area contributed by atoms with E-state index in [0.29, 0.717) is 6.54 Å². The molecule has 1 aliphatic carbocycles. The van der Waals surface area contributed by atoms with Crippen molar-refractivity contribution in [3.8, 4) is 0 Å². The number of amides is 1. The Morgan fingerprint density at radius 1 is 1.62 bits per heavy atom. The van der Waals surface area contributed by atoms with Gasteiger partial charge < -0.3 is 11.1 Å². The third-order valence-corrected chi connectivity index (χ3v) is 3.32. The van der Waals surface area contributed by atoms with E-state index in [0.717, 1.165) is 36.9 Å². The molecule has 0 spiro atoms. The maximum Gasteiger partial charge on any atom is 0.240 e. The second kappa shape index (κ2) is 4.25. The Morgan fingerprint density at radius 3 is 2.88 bits per heavy atom. The summed E-state index contributed by atoms with van der Waals surface area (Å²) in [5, 5.41) is 9.63. The molecule has 4 N–H and O–H groups in total. The van der Waals surface area contributed by atoms with E-state index in [-0.39, 0.29) is 5.91 Å². The summed E-state index contributed by atoms with van der Waals surface area (Å²) >= 11 is 0. The predicted molar refractivity (Wildman–Crippen MR) is 60.6 cm³/mol. The van der Waals surface area contributed by atoms with Crippen LogP contribution in [-0.2, 0) is 11.3 Å². The van der Waals surface area contributed by atoms with E-state index >= 15 is 0 Å². The Balaban J connectivity index is 1.91. The lowest BCUT2D eigenvalue weighted by atomic mass is 9.98. The first-order valence-corrected chi connectivity index (χ1v) is 5.68. The van der Waals surface area contributed by atoms with Crippen molar-refractivity contribution in [3.63, 3.8) is 0 Å². The summed E-state index contributed by atoms with van der Waals surface area (Å²) in [7, 11) is 0. The van der Waals surface area contributed by atoms with Crippen LogP contribution in [-0.4, -0.2) is 21.6 Å². The minimum absolute atomic E-state index is 0.0365. The number of aromatic amines is 1. The minimum Gasteiger partial charge on any atom is -0.350 e. The zero-order chi connectivity index (χ0) is 11.6. The molecule has 5 nitrogen and oxygen atoms in total.